The van der Waals surface area contributed by atoms with Crippen molar-refractivity contribution in [2.24, 2.45) is 0 Å². The summed E-state index contributed by atoms with van der Waals surface area (Å²) in [6.45, 7) is 5.30. The second kappa shape index (κ2) is 5.90. The van der Waals surface area contributed by atoms with Crippen LogP contribution in [-0.4, -0.2) is 36.1 Å². The number of nitrogens with one attached hydrogen (secondary N) is 1. The minimum absolute atomic E-state index is 0.708. The van der Waals surface area contributed by atoms with Gasteiger partial charge in [-0.15, -0.1) is 0 Å². The summed E-state index contributed by atoms with van der Waals surface area (Å²) < 4.78 is 0. The smallest absolute Gasteiger partial charge is 0.0705 e. The normalized spacial score (nSPS) is 19.8. The van der Waals surface area contributed by atoms with Crippen LogP contribution in [0.5, 0.6) is 0 Å². The third-order valence-electron chi connectivity index (χ3n) is 4.27. The molecule has 1 aliphatic rings. The highest BCUT2D eigenvalue weighted by molar-refractivity contribution is 5.79. The van der Waals surface area contributed by atoms with Gasteiger partial charge in [0.2, 0.25) is 0 Å². The van der Waals surface area contributed by atoms with Crippen LogP contribution >= 0.6 is 0 Å². The Hall–Kier alpha value is -1.45. The van der Waals surface area contributed by atoms with Crippen LogP contribution in [0.2, 0.25) is 0 Å². The number of fused-ring (bicyclic) bond motifs is 1. The van der Waals surface area contributed by atoms with Gasteiger partial charge in [-0.2, -0.15) is 0 Å². The van der Waals surface area contributed by atoms with E-state index >= 15 is 0 Å². The molecule has 1 fully saturated rings. The van der Waals surface area contributed by atoms with Gasteiger partial charge in [0, 0.05) is 30.2 Å². The maximum Gasteiger partial charge on any atom is 0.0705 e. The molecule has 1 unspecified atom stereocenters. The Morgan fingerprint density at radius 3 is 3.00 bits per heavy atom. The number of hydrogen-bond acceptors (Lipinski definition) is 3. The van der Waals surface area contributed by atoms with E-state index < -0.39 is 0 Å². The highest BCUT2D eigenvalue weighted by Crippen LogP contribution is 2.16. The third kappa shape index (κ3) is 3.00. The van der Waals surface area contributed by atoms with Gasteiger partial charge in [0.05, 0.1) is 5.52 Å². The minimum atomic E-state index is 0.708. The number of likely N-dealkylation sites (tertiary alicyclic amines) is 1. The zero-order valence-corrected chi connectivity index (χ0v) is 12.4. The highest BCUT2D eigenvalue weighted by atomic mass is 15.2. The Balaban J connectivity index is 1.61. The Labute approximate surface area is 121 Å². The molecule has 1 N–H and O–H groups in total. The fraction of sp³-hybridized carbons (Fsp3) is 0.471. The summed E-state index contributed by atoms with van der Waals surface area (Å²) in [6, 6.07) is 11.5. The van der Waals surface area contributed by atoms with E-state index in [4.69, 9.17) is 0 Å². The monoisotopic (exact) mass is 269 g/mol. The van der Waals surface area contributed by atoms with E-state index in [0.29, 0.717) is 6.04 Å². The molecule has 3 nitrogen and oxygen atoms in total. The molecule has 20 heavy (non-hydrogen) atoms. The summed E-state index contributed by atoms with van der Waals surface area (Å²) in [5, 5.41) is 4.82. The number of hydrogen-bond donors (Lipinski definition) is 1. The van der Waals surface area contributed by atoms with E-state index in [1.54, 1.807) is 0 Å². The number of nitrogens with zero attached hydrogens (tertiary/aromatic N) is 2. The van der Waals surface area contributed by atoms with Crippen molar-refractivity contribution < 1.29 is 0 Å². The topological polar surface area (TPSA) is 28.2 Å². The van der Waals surface area contributed by atoms with Crippen LogP contribution in [0.1, 0.15) is 24.1 Å². The molecule has 1 aromatic heterocycles. The van der Waals surface area contributed by atoms with Gasteiger partial charge in [0.15, 0.2) is 0 Å². The first-order chi connectivity index (χ1) is 9.72. The summed E-state index contributed by atoms with van der Waals surface area (Å²) in [6.07, 6.45) is 2.66. The highest BCUT2D eigenvalue weighted by Gasteiger charge is 2.19. The van der Waals surface area contributed by atoms with Crippen LogP contribution in [0.3, 0.4) is 0 Å². The maximum absolute atomic E-state index is 4.54. The fourth-order valence-corrected chi connectivity index (χ4v) is 3.01. The van der Waals surface area contributed by atoms with E-state index in [2.05, 4.69) is 52.6 Å². The van der Waals surface area contributed by atoms with E-state index in [1.807, 2.05) is 6.92 Å². The molecule has 0 radical (unpaired) electrons. The molecule has 1 aromatic carbocycles. The molecule has 0 amide bonds. The maximum atomic E-state index is 4.54. The number of aryl methyl sites for hydroxylation is 1. The van der Waals surface area contributed by atoms with Gasteiger partial charge in [0.1, 0.15) is 0 Å². The molecule has 0 bridgehead atoms. The van der Waals surface area contributed by atoms with Crippen LogP contribution in [-0.2, 0) is 6.54 Å². The van der Waals surface area contributed by atoms with Crippen molar-refractivity contribution in [3.63, 3.8) is 0 Å². The minimum Gasteiger partial charge on any atom is -0.311 e. The van der Waals surface area contributed by atoms with Crippen molar-refractivity contribution in [2.75, 3.05) is 20.1 Å². The number of likely N-dealkylation sites (N-methyl/N-ethyl adjacent to an activating group) is 1. The van der Waals surface area contributed by atoms with E-state index in [-0.39, 0.29) is 0 Å². The van der Waals surface area contributed by atoms with Crippen LogP contribution in [0.4, 0.5) is 0 Å². The van der Waals surface area contributed by atoms with Gasteiger partial charge in [-0.25, -0.2) is 0 Å². The Morgan fingerprint density at radius 2 is 2.20 bits per heavy atom. The molecule has 1 aliphatic heterocycles. The van der Waals surface area contributed by atoms with Crippen molar-refractivity contribution >= 4 is 10.9 Å². The molecule has 1 saturated heterocycles. The van der Waals surface area contributed by atoms with Crippen molar-refractivity contribution in [1.29, 1.82) is 0 Å². The van der Waals surface area contributed by atoms with E-state index in [0.717, 1.165) is 24.3 Å². The number of aromatic nitrogens is 1. The Bertz CT molecular complexity index is 594. The van der Waals surface area contributed by atoms with Crippen molar-refractivity contribution in [3.8, 4) is 0 Å². The zero-order valence-electron chi connectivity index (χ0n) is 12.4. The fourth-order valence-electron chi connectivity index (χ4n) is 3.01. The molecule has 2 aromatic rings. The molecular formula is C17H23N3. The van der Waals surface area contributed by atoms with Crippen LogP contribution < -0.4 is 5.32 Å². The molecule has 106 valence electrons. The summed E-state index contributed by atoms with van der Waals surface area (Å²) in [4.78, 5) is 7.00. The summed E-state index contributed by atoms with van der Waals surface area (Å²) in [7, 11) is 2.23. The van der Waals surface area contributed by atoms with Gasteiger partial charge in [-0.3, -0.25) is 4.98 Å². The van der Waals surface area contributed by atoms with Gasteiger partial charge in [-0.1, -0.05) is 12.1 Å². The first-order valence-corrected chi connectivity index (χ1v) is 7.49. The van der Waals surface area contributed by atoms with Crippen LogP contribution in [0.25, 0.3) is 10.9 Å². The zero-order chi connectivity index (χ0) is 13.9. The molecule has 1 atom stereocenters. The number of rotatable bonds is 4. The standard InChI is InChI=1S/C17H23N3/c1-13-5-7-15-10-14(6-8-17(15)19-13)11-18-12-16-4-3-9-20(16)2/h5-8,10,16,18H,3-4,9,11-12H2,1-2H3. The first-order valence-electron chi connectivity index (χ1n) is 7.49. The quantitative estimate of drug-likeness (QED) is 0.925. The number of pyridine rings is 1. The average molecular weight is 269 g/mol. The van der Waals surface area contributed by atoms with Gasteiger partial charge < -0.3 is 10.2 Å². The predicted molar refractivity (Wildman–Crippen MR) is 83.8 cm³/mol. The second-order valence-electron chi connectivity index (χ2n) is 5.89. The molecule has 2 heterocycles. The third-order valence-corrected chi connectivity index (χ3v) is 4.27. The SMILES string of the molecule is Cc1ccc2cc(CNCC3CCCN3C)ccc2n1. The van der Waals surface area contributed by atoms with E-state index in [9.17, 15) is 0 Å². The number of benzene rings is 1. The van der Waals surface area contributed by atoms with Crippen molar-refractivity contribution in [3.05, 3.63) is 41.6 Å². The lowest BCUT2D eigenvalue weighted by Crippen LogP contribution is -2.35. The van der Waals surface area contributed by atoms with Gasteiger partial charge in [-0.05, 0) is 57.1 Å². The average Bonchev–Trinajstić information content (AvgIpc) is 2.85. The van der Waals surface area contributed by atoms with Gasteiger partial charge in [0.25, 0.3) is 0 Å². The molecule has 3 rings (SSSR count). The summed E-state index contributed by atoms with van der Waals surface area (Å²) in [5.74, 6) is 0. The summed E-state index contributed by atoms with van der Waals surface area (Å²) in [5.41, 5.74) is 3.50. The first kappa shape index (κ1) is 13.5. The second-order valence-corrected chi connectivity index (χ2v) is 5.89. The lowest BCUT2D eigenvalue weighted by Gasteiger charge is -2.19. The molecule has 3 heteroatoms. The largest absolute Gasteiger partial charge is 0.311 e. The molecule has 0 saturated carbocycles. The van der Waals surface area contributed by atoms with E-state index in [1.165, 1.54) is 30.3 Å². The Morgan fingerprint density at radius 1 is 1.30 bits per heavy atom. The lowest BCUT2D eigenvalue weighted by molar-refractivity contribution is 0.300. The Kier molecular flexibility index (Phi) is 3.99. The molecular weight excluding hydrogens is 246 g/mol. The van der Waals surface area contributed by atoms with Crippen molar-refractivity contribution in [2.45, 2.75) is 32.4 Å². The van der Waals surface area contributed by atoms with Crippen LogP contribution in [0, 0.1) is 6.92 Å². The van der Waals surface area contributed by atoms with Crippen molar-refractivity contribution in [1.82, 2.24) is 15.2 Å². The predicted octanol–water partition coefficient (Wildman–Crippen LogP) is 2.73. The van der Waals surface area contributed by atoms with Gasteiger partial charge >= 0.3 is 0 Å². The molecule has 0 aliphatic carbocycles. The molecule has 0 spiro atoms. The lowest BCUT2D eigenvalue weighted by atomic mass is 10.1. The van der Waals surface area contributed by atoms with Crippen LogP contribution in [0.15, 0.2) is 30.3 Å². The summed E-state index contributed by atoms with van der Waals surface area (Å²) >= 11 is 0.